The van der Waals surface area contributed by atoms with Crippen LogP contribution in [0.15, 0.2) is 28.9 Å². The first-order valence-corrected chi connectivity index (χ1v) is 5.33. The molecular formula is C10H9BrN2O4. The molecule has 0 saturated heterocycles. The Kier molecular flexibility index (Phi) is 4.65. The average molecular weight is 301 g/mol. The van der Waals surface area contributed by atoms with Crippen molar-refractivity contribution in [3.05, 3.63) is 44.5 Å². The Hall–Kier alpha value is -1.89. The van der Waals surface area contributed by atoms with Crippen molar-refractivity contribution in [2.75, 3.05) is 7.05 Å². The SMILES string of the molecule is CNC(=O)Oc1ccc(Br)cc1C=C[N+](=O)[O-]. The van der Waals surface area contributed by atoms with E-state index >= 15 is 0 Å². The van der Waals surface area contributed by atoms with E-state index < -0.39 is 11.0 Å². The van der Waals surface area contributed by atoms with E-state index in [0.29, 0.717) is 5.56 Å². The Morgan fingerprint density at radius 2 is 2.29 bits per heavy atom. The highest BCUT2D eigenvalue weighted by Gasteiger charge is 2.07. The number of ether oxygens (including phenoxy) is 1. The molecule has 7 heteroatoms. The standard InChI is InChI=1S/C10H9BrN2O4/c1-12-10(14)17-9-3-2-8(11)6-7(9)4-5-13(15)16/h2-6H,1H3,(H,12,14). The van der Waals surface area contributed by atoms with Gasteiger partial charge in [-0.25, -0.2) is 4.79 Å². The Balaban J connectivity index is 3.03. The summed E-state index contributed by atoms with van der Waals surface area (Å²) in [6, 6.07) is 4.82. The third-order valence-electron chi connectivity index (χ3n) is 1.75. The van der Waals surface area contributed by atoms with Gasteiger partial charge in [-0.3, -0.25) is 10.1 Å². The Labute approximate surface area is 106 Å². The molecule has 1 amide bonds. The molecule has 0 unspecified atom stereocenters. The summed E-state index contributed by atoms with van der Waals surface area (Å²) in [7, 11) is 1.42. The van der Waals surface area contributed by atoms with Crippen molar-refractivity contribution in [2.24, 2.45) is 0 Å². The van der Waals surface area contributed by atoms with E-state index in [1.54, 1.807) is 18.2 Å². The zero-order chi connectivity index (χ0) is 12.8. The molecule has 90 valence electrons. The van der Waals surface area contributed by atoms with Crippen molar-refractivity contribution < 1.29 is 14.5 Å². The molecule has 0 heterocycles. The number of nitrogens with zero attached hydrogens (tertiary/aromatic N) is 1. The second kappa shape index (κ2) is 6.00. The zero-order valence-electron chi connectivity index (χ0n) is 8.84. The van der Waals surface area contributed by atoms with E-state index in [0.717, 1.165) is 10.7 Å². The van der Waals surface area contributed by atoms with Crippen molar-refractivity contribution in [3.8, 4) is 5.75 Å². The van der Waals surface area contributed by atoms with Gasteiger partial charge in [-0.15, -0.1) is 0 Å². The first-order chi connectivity index (χ1) is 8.02. The lowest BCUT2D eigenvalue weighted by Crippen LogP contribution is -2.22. The van der Waals surface area contributed by atoms with Gasteiger partial charge in [0.15, 0.2) is 0 Å². The summed E-state index contributed by atoms with van der Waals surface area (Å²) in [6.07, 6.45) is 1.39. The van der Waals surface area contributed by atoms with Gasteiger partial charge in [-0.1, -0.05) is 15.9 Å². The molecule has 0 fully saturated rings. The molecule has 6 nitrogen and oxygen atoms in total. The van der Waals surface area contributed by atoms with E-state index in [4.69, 9.17) is 4.74 Å². The van der Waals surface area contributed by atoms with Crippen LogP contribution in [0, 0.1) is 10.1 Å². The third-order valence-corrected chi connectivity index (χ3v) is 2.25. The molecule has 1 aromatic carbocycles. The number of carbonyl (C=O) groups excluding carboxylic acids is 1. The van der Waals surface area contributed by atoms with E-state index in [1.165, 1.54) is 13.1 Å². The summed E-state index contributed by atoms with van der Waals surface area (Å²) in [5.41, 5.74) is 0.430. The van der Waals surface area contributed by atoms with Gasteiger partial charge < -0.3 is 10.1 Å². The van der Waals surface area contributed by atoms with Crippen molar-refractivity contribution in [1.82, 2.24) is 5.32 Å². The second-order valence-electron chi connectivity index (χ2n) is 2.92. The van der Waals surface area contributed by atoms with E-state index in [-0.39, 0.29) is 5.75 Å². The molecule has 0 atom stereocenters. The van der Waals surface area contributed by atoms with Crippen molar-refractivity contribution in [2.45, 2.75) is 0 Å². The van der Waals surface area contributed by atoms with Gasteiger partial charge >= 0.3 is 6.09 Å². The minimum absolute atomic E-state index is 0.241. The molecule has 17 heavy (non-hydrogen) atoms. The van der Waals surface area contributed by atoms with Crippen LogP contribution in [0.5, 0.6) is 5.75 Å². The van der Waals surface area contributed by atoms with Crippen LogP contribution < -0.4 is 10.1 Å². The number of nitrogens with one attached hydrogen (secondary N) is 1. The number of hydrogen-bond donors (Lipinski definition) is 1. The maximum absolute atomic E-state index is 11.1. The summed E-state index contributed by atoms with van der Waals surface area (Å²) < 4.78 is 5.66. The van der Waals surface area contributed by atoms with Crippen LogP contribution in [0.25, 0.3) is 6.08 Å². The first kappa shape index (κ1) is 13.2. The van der Waals surface area contributed by atoms with Gasteiger partial charge in [0.1, 0.15) is 5.75 Å². The van der Waals surface area contributed by atoms with Crippen LogP contribution in [0.1, 0.15) is 5.56 Å². The number of nitro groups is 1. The molecular weight excluding hydrogens is 292 g/mol. The molecule has 0 saturated carbocycles. The number of hydrogen-bond acceptors (Lipinski definition) is 4. The Bertz CT molecular complexity index is 473. The van der Waals surface area contributed by atoms with E-state index in [2.05, 4.69) is 21.2 Å². The fourth-order valence-electron chi connectivity index (χ4n) is 1.03. The largest absolute Gasteiger partial charge is 0.412 e. The molecule has 0 aliphatic heterocycles. The highest BCUT2D eigenvalue weighted by Crippen LogP contribution is 2.24. The number of rotatable bonds is 3. The molecule has 0 radical (unpaired) electrons. The van der Waals surface area contributed by atoms with E-state index in [1.807, 2.05) is 0 Å². The molecule has 0 bridgehead atoms. The van der Waals surface area contributed by atoms with Crippen molar-refractivity contribution in [1.29, 1.82) is 0 Å². The lowest BCUT2D eigenvalue weighted by atomic mass is 10.2. The van der Waals surface area contributed by atoms with Crippen LogP contribution in [0.4, 0.5) is 4.79 Å². The van der Waals surface area contributed by atoms with Crippen LogP contribution in [0.3, 0.4) is 0 Å². The van der Waals surface area contributed by atoms with Gasteiger partial charge in [0.2, 0.25) is 6.20 Å². The van der Waals surface area contributed by atoms with Gasteiger partial charge in [-0.2, -0.15) is 0 Å². The summed E-state index contributed by atoms with van der Waals surface area (Å²) in [4.78, 5) is 20.7. The number of carbonyl (C=O) groups is 1. The second-order valence-corrected chi connectivity index (χ2v) is 3.84. The van der Waals surface area contributed by atoms with Crippen molar-refractivity contribution in [3.63, 3.8) is 0 Å². The summed E-state index contributed by atoms with van der Waals surface area (Å²) in [6.45, 7) is 0. The molecule has 1 N–H and O–H groups in total. The van der Waals surface area contributed by atoms with E-state index in [9.17, 15) is 14.9 Å². The van der Waals surface area contributed by atoms with Gasteiger partial charge in [0.05, 0.1) is 4.92 Å². The first-order valence-electron chi connectivity index (χ1n) is 4.53. The predicted molar refractivity (Wildman–Crippen MR) is 65.3 cm³/mol. The zero-order valence-corrected chi connectivity index (χ0v) is 10.4. The van der Waals surface area contributed by atoms with Crippen LogP contribution in [-0.4, -0.2) is 18.1 Å². The topological polar surface area (TPSA) is 81.5 Å². The van der Waals surface area contributed by atoms with Gasteiger partial charge in [0.25, 0.3) is 0 Å². The van der Waals surface area contributed by atoms with Gasteiger partial charge in [-0.05, 0) is 18.2 Å². The normalized spacial score (nSPS) is 10.2. The minimum Gasteiger partial charge on any atom is -0.410 e. The molecule has 0 aliphatic rings. The number of benzene rings is 1. The van der Waals surface area contributed by atoms with Crippen LogP contribution >= 0.6 is 15.9 Å². The summed E-state index contributed by atoms with van der Waals surface area (Å²) in [5, 5.41) is 12.5. The predicted octanol–water partition coefficient (Wildman–Crippen LogP) is 2.41. The fourth-order valence-corrected chi connectivity index (χ4v) is 1.41. The number of halogens is 1. The highest BCUT2D eigenvalue weighted by atomic mass is 79.9. The Morgan fingerprint density at radius 3 is 2.88 bits per heavy atom. The maximum Gasteiger partial charge on any atom is 0.412 e. The lowest BCUT2D eigenvalue weighted by Gasteiger charge is -2.06. The lowest BCUT2D eigenvalue weighted by molar-refractivity contribution is -0.400. The molecule has 0 aliphatic carbocycles. The number of amides is 1. The van der Waals surface area contributed by atoms with Gasteiger partial charge in [0, 0.05) is 23.2 Å². The summed E-state index contributed by atoms with van der Waals surface area (Å²) >= 11 is 3.23. The molecule has 1 rings (SSSR count). The smallest absolute Gasteiger partial charge is 0.410 e. The molecule has 0 spiro atoms. The Morgan fingerprint density at radius 1 is 1.59 bits per heavy atom. The van der Waals surface area contributed by atoms with Crippen molar-refractivity contribution >= 4 is 28.1 Å². The maximum atomic E-state index is 11.1. The fraction of sp³-hybridized carbons (Fsp3) is 0.100. The minimum atomic E-state index is -0.636. The summed E-state index contributed by atoms with van der Waals surface area (Å²) in [5.74, 6) is 0.241. The molecule has 0 aromatic heterocycles. The third kappa shape index (κ3) is 4.23. The quantitative estimate of drug-likeness (QED) is 0.686. The van der Waals surface area contributed by atoms with Crippen LogP contribution in [0.2, 0.25) is 0 Å². The highest BCUT2D eigenvalue weighted by molar-refractivity contribution is 9.10. The van der Waals surface area contributed by atoms with Crippen LogP contribution in [-0.2, 0) is 0 Å². The average Bonchev–Trinajstić information content (AvgIpc) is 2.29. The molecule has 1 aromatic rings. The monoisotopic (exact) mass is 300 g/mol.